The van der Waals surface area contributed by atoms with Gasteiger partial charge in [0, 0.05) is 47.2 Å². The molecule has 21 heavy (non-hydrogen) atoms. The lowest BCUT2D eigenvalue weighted by molar-refractivity contribution is 0.466. The number of thioether (sulfide) groups is 2. The molecule has 2 heterocycles. The zero-order chi connectivity index (χ0) is 15.2. The molecule has 0 radical (unpaired) electrons. The molecule has 1 aromatic rings. The molecule has 0 spiro atoms. The van der Waals surface area contributed by atoms with Crippen LogP contribution in [-0.2, 0) is 13.5 Å². The van der Waals surface area contributed by atoms with E-state index in [-0.39, 0.29) is 0 Å². The van der Waals surface area contributed by atoms with Crippen LogP contribution in [0.3, 0.4) is 0 Å². The van der Waals surface area contributed by atoms with Crippen molar-refractivity contribution in [2.75, 3.05) is 18.1 Å². The molecule has 2 rings (SSSR count). The summed E-state index contributed by atoms with van der Waals surface area (Å²) < 4.78 is 2.05. The van der Waals surface area contributed by atoms with Gasteiger partial charge in [-0.2, -0.15) is 28.6 Å². The smallest absolute Gasteiger partial charge is 0.0596 e. The zero-order valence-electron chi connectivity index (χ0n) is 13.8. The largest absolute Gasteiger partial charge is 0.312 e. The van der Waals surface area contributed by atoms with Crippen LogP contribution in [0.25, 0.3) is 0 Å². The average molecular weight is 328 g/mol. The van der Waals surface area contributed by atoms with Crippen LogP contribution in [0, 0.1) is 6.92 Å². The third-order valence-electron chi connectivity index (χ3n) is 4.08. The minimum Gasteiger partial charge on any atom is -0.312 e. The molecule has 5 heteroatoms. The molecular formula is C16H29N3S2. The van der Waals surface area contributed by atoms with Crippen molar-refractivity contribution in [2.45, 2.75) is 56.6 Å². The first-order valence-corrected chi connectivity index (χ1v) is 10.2. The number of hydrogen-bond donors (Lipinski definition) is 1. The van der Waals surface area contributed by atoms with E-state index in [9.17, 15) is 0 Å². The number of nitrogens with one attached hydrogen (secondary N) is 1. The summed E-state index contributed by atoms with van der Waals surface area (Å²) in [7, 11) is 2.07. The maximum absolute atomic E-state index is 4.51. The van der Waals surface area contributed by atoms with E-state index in [1.165, 1.54) is 30.0 Å². The molecule has 0 aliphatic carbocycles. The number of aryl methyl sites for hydroxylation is 2. The summed E-state index contributed by atoms with van der Waals surface area (Å²) >= 11 is 4.34. The van der Waals surface area contributed by atoms with Gasteiger partial charge in [-0.1, -0.05) is 13.8 Å². The minimum absolute atomic E-state index is 0.558. The third kappa shape index (κ3) is 4.67. The Kier molecular flexibility index (Phi) is 6.96. The Bertz CT molecular complexity index is 433. The van der Waals surface area contributed by atoms with Crippen molar-refractivity contribution in [2.24, 2.45) is 7.05 Å². The summed E-state index contributed by atoms with van der Waals surface area (Å²) in [6, 6.07) is 2.80. The predicted octanol–water partition coefficient (Wildman–Crippen LogP) is 3.27. The Balaban J connectivity index is 2.10. The quantitative estimate of drug-likeness (QED) is 0.832. The van der Waals surface area contributed by atoms with E-state index in [2.05, 4.69) is 72.5 Å². The standard InChI is InChI=1S/C16H29N3S2/c1-5-7-17-14(11-13-10-12(3)18-19(13)4)16-15(6-2)20-8-9-21-16/h10,14-17H,5-9,11H2,1-4H3. The highest BCUT2D eigenvalue weighted by Crippen LogP contribution is 2.36. The van der Waals surface area contributed by atoms with Crippen molar-refractivity contribution >= 4 is 23.5 Å². The van der Waals surface area contributed by atoms with Crippen LogP contribution in [-0.4, -0.2) is 44.4 Å². The molecule has 0 amide bonds. The van der Waals surface area contributed by atoms with Gasteiger partial charge in [-0.15, -0.1) is 0 Å². The van der Waals surface area contributed by atoms with E-state index in [1.54, 1.807) is 0 Å². The van der Waals surface area contributed by atoms with Crippen LogP contribution in [0.15, 0.2) is 6.07 Å². The zero-order valence-corrected chi connectivity index (χ0v) is 15.4. The number of rotatable bonds is 7. The Labute approximate surface area is 138 Å². The number of nitrogens with zero attached hydrogens (tertiary/aromatic N) is 2. The molecule has 0 aromatic carbocycles. The second-order valence-corrected chi connectivity index (χ2v) is 8.45. The predicted molar refractivity (Wildman–Crippen MR) is 96.5 cm³/mol. The SMILES string of the molecule is CCCNC(Cc1cc(C)nn1C)C1SCCSC1CC. The molecule has 3 atom stereocenters. The summed E-state index contributed by atoms with van der Waals surface area (Å²) in [6.07, 6.45) is 3.56. The lowest BCUT2D eigenvalue weighted by atomic mass is 10.0. The molecule has 1 aliphatic heterocycles. The van der Waals surface area contributed by atoms with E-state index in [0.29, 0.717) is 6.04 Å². The van der Waals surface area contributed by atoms with Crippen LogP contribution < -0.4 is 5.32 Å². The maximum Gasteiger partial charge on any atom is 0.0596 e. The van der Waals surface area contributed by atoms with Gasteiger partial charge in [0.2, 0.25) is 0 Å². The van der Waals surface area contributed by atoms with Crippen molar-refractivity contribution in [3.8, 4) is 0 Å². The van der Waals surface area contributed by atoms with Crippen LogP contribution in [0.5, 0.6) is 0 Å². The van der Waals surface area contributed by atoms with Crippen molar-refractivity contribution < 1.29 is 0 Å². The monoisotopic (exact) mass is 327 g/mol. The first-order valence-electron chi connectivity index (χ1n) is 8.11. The van der Waals surface area contributed by atoms with Crippen molar-refractivity contribution in [1.29, 1.82) is 0 Å². The lowest BCUT2D eigenvalue weighted by Crippen LogP contribution is -2.47. The van der Waals surface area contributed by atoms with Gasteiger partial charge in [0.05, 0.1) is 5.69 Å². The fourth-order valence-electron chi connectivity index (χ4n) is 3.03. The first kappa shape index (κ1) is 17.2. The molecule has 1 fully saturated rings. The van der Waals surface area contributed by atoms with E-state index in [0.717, 1.165) is 29.2 Å². The van der Waals surface area contributed by atoms with Gasteiger partial charge in [-0.25, -0.2) is 0 Å². The third-order valence-corrected chi connectivity index (χ3v) is 7.48. The molecule has 0 bridgehead atoms. The number of aromatic nitrogens is 2. The summed E-state index contributed by atoms with van der Waals surface area (Å²) in [5, 5.41) is 9.82. The molecule has 1 aliphatic rings. The summed E-state index contributed by atoms with van der Waals surface area (Å²) in [5.41, 5.74) is 2.48. The van der Waals surface area contributed by atoms with Gasteiger partial charge in [0.1, 0.15) is 0 Å². The van der Waals surface area contributed by atoms with Crippen LogP contribution in [0.4, 0.5) is 0 Å². The van der Waals surface area contributed by atoms with Gasteiger partial charge in [-0.05, 0) is 32.4 Å². The van der Waals surface area contributed by atoms with Crippen molar-refractivity contribution in [3.05, 3.63) is 17.5 Å². The first-order chi connectivity index (χ1) is 10.2. The molecule has 120 valence electrons. The fourth-order valence-corrected chi connectivity index (χ4v) is 6.29. The van der Waals surface area contributed by atoms with E-state index < -0.39 is 0 Å². The molecule has 3 nitrogen and oxygen atoms in total. The lowest BCUT2D eigenvalue weighted by Gasteiger charge is -2.36. The van der Waals surface area contributed by atoms with Gasteiger partial charge in [-0.3, -0.25) is 4.68 Å². The highest BCUT2D eigenvalue weighted by atomic mass is 32.2. The second kappa shape index (κ2) is 8.49. The highest BCUT2D eigenvalue weighted by molar-refractivity contribution is 8.07. The van der Waals surface area contributed by atoms with Crippen LogP contribution in [0.2, 0.25) is 0 Å². The molecule has 1 saturated heterocycles. The van der Waals surface area contributed by atoms with Gasteiger partial charge < -0.3 is 5.32 Å². The van der Waals surface area contributed by atoms with Crippen LogP contribution in [0.1, 0.15) is 38.1 Å². The topological polar surface area (TPSA) is 29.9 Å². The summed E-state index contributed by atoms with van der Waals surface area (Å²) in [6.45, 7) is 7.78. The maximum atomic E-state index is 4.51. The van der Waals surface area contributed by atoms with Gasteiger partial charge in [0.15, 0.2) is 0 Å². The normalized spacial score (nSPS) is 24.2. The van der Waals surface area contributed by atoms with Gasteiger partial charge in [0.25, 0.3) is 0 Å². The van der Waals surface area contributed by atoms with E-state index >= 15 is 0 Å². The Morgan fingerprint density at radius 3 is 2.76 bits per heavy atom. The molecule has 0 saturated carbocycles. The summed E-state index contributed by atoms with van der Waals surface area (Å²) in [5.74, 6) is 2.60. The Morgan fingerprint density at radius 2 is 2.14 bits per heavy atom. The molecule has 1 aromatic heterocycles. The van der Waals surface area contributed by atoms with E-state index in [4.69, 9.17) is 0 Å². The second-order valence-electron chi connectivity index (χ2n) is 5.82. The molecular weight excluding hydrogens is 298 g/mol. The Hall–Kier alpha value is -0.130. The highest BCUT2D eigenvalue weighted by Gasteiger charge is 2.32. The molecule has 3 unspecified atom stereocenters. The Morgan fingerprint density at radius 1 is 1.38 bits per heavy atom. The van der Waals surface area contributed by atoms with Gasteiger partial charge >= 0.3 is 0 Å². The summed E-state index contributed by atoms with van der Waals surface area (Å²) in [4.78, 5) is 0. The molecule has 1 N–H and O–H groups in total. The number of hydrogen-bond acceptors (Lipinski definition) is 4. The van der Waals surface area contributed by atoms with E-state index in [1.807, 2.05) is 0 Å². The fraction of sp³-hybridized carbons (Fsp3) is 0.812. The van der Waals surface area contributed by atoms with Crippen molar-refractivity contribution in [1.82, 2.24) is 15.1 Å². The van der Waals surface area contributed by atoms with Crippen molar-refractivity contribution in [3.63, 3.8) is 0 Å². The van der Waals surface area contributed by atoms with Crippen LogP contribution >= 0.6 is 23.5 Å². The average Bonchev–Trinajstić information content (AvgIpc) is 2.81. The minimum atomic E-state index is 0.558.